The van der Waals surface area contributed by atoms with Crippen LogP contribution in [0.3, 0.4) is 0 Å². The molecule has 0 bridgehead atoms. The highest BCUT2D eigenvalue weighted by Crippen LogP contribution is 2.38. The van der Waals surface area contributed by atoms with Gasteiger partial charge in [-0.25, -0.2) is 0 Å². The maximum atomic E-state index is 10.2. The summed E-state index contributed by atoms with van der Waals surface area (Å²) in [5.41, 5.74) is 0.491. The summed E-state index contributed by atoms with van der Waals surface area (Å²) in [6, 6.07) is 5.08. The number of methoxy groups -OCH3 is 1. The van der Waals surface area contributed by atoms with Crippen LogP contribution in [0.25, 0.3) is 10.9 Å². The van der Waals surface area contributed by atoms with Gasteiger partial charge in [0.1, 0.15) is 5.75 Å². The number of H-pyrrole nitrogens is 1. The summed E-state index contributed by atoms with van der Waals surface area (Å²) in [5, 5.41) is 40.7. The lowest BCUT2D eigenvalue weighted by atomic mass is 10.00. The van der Waals surface area contributed by atoms with E-state index in [1.165, 1.54) is 27.4 Å². The highest BCUT2D eigenvalue weighted by atomic mass is 16.6. The summed E-state index contributed by atoms with van der Waals surface area (Å²) >= 11 is 0. The van der Waals surface area contributed by atoms with Gasteiger partial charge in [0.2, 0.25) is 0 Å². The van der Waals surface area contributed by atoms with Gasteiger partial charge in [-0.3, -0.25) is 4.90 Å². The van der Waals surface area contributed by atoms with Gasteiger partial charge in [-0.1, -0.05) is 6.07 Å². The number of likely N-dealkylation sites (N-methyl/N-ethyl adjacent to an activating group) is 1. The molecule has 1 aromatic carbocycles. The number of nitrogens with zero attached hydrogens (tertiary/aromatic N) is 1. The number of hydrogen-bond acceptors (Lipinski definition) is 6. The molecule has 7 nitrogen and oxygen atoms in total. The molecular weight excluding hydrogens is 264 g/mol. The van der Waals surface area contributed by atoms with Crippen LogP contribution in [0, 0.1) is 0 Å². The fourth-order valence-electron chi connectivity index (χ4n) is 2.09. The van der Waals surface area contributed by atoms with E-state index in [4.69, 9.17) is 4.74 Å². The van der Waals surface area contributed by atoms with Gasteiger partial charge < -0.3 is 30.1 Å². The Balaban J connectivity index is 2.69. The molecule has 0 fully saturated rings. The summed E-state index contributed by atoms with van der Waals surface area (Å²) in [7, 11) is 4.07. The minimum Gasteiger partial charge on any atom is -0.496 e. The predicted octanol–water partition coefficient (Wildman–Crippen LogP) is -0.486. The van der Waals surface area contributed by atoms with Crippen molar-refractivity contribution < 1.29 is 25.2 Å². The summed E-state index contributed by atoms with van der Waals surface area (Å²) in [5.74, 6) is -5.40. The van der Waals surface area contributed by atoms with Crippen LogP contribution >= 0.6 is 0 Å². The van der Waals surface area contributed by atoms with Crippen molar-refractivity contribution in [2.75, 3.05) is 21.2 Å². The smallest absolute Gasteiger partial charge is 0.286 e. The second-order valence-corrected chi connectivity index (χ2v) is 4.79. The quantitative estimate of drug-likeness (QED) is 0.484. The Hall–Kier alpha value is -1.64. The summed E-state index contributed by atoms with van der Waals surface area (Å²) in [6.45, 7) is 0. The van der Waals surface area contributed by atoms with E-state index in [1.54, 1.807) is 18.2 Å². The Labute approximate surface area is 115 Å². The highest BCUT2D eigenvalue weighted by molar-refractivity contribution is 5.90. The third-order valence-electron chi connectivity index (χ3n) is 3.35. The molecule has 1 aromatic heterocycles. The second-order valence-electron chi connectivity index (χ2n) is 4.79. The van der Waals surface area contributed by atoms with Crippen LogP contribution < -0.4 is 4.74 Å². The molecule has 110 valence electrons. The zero-order chi connectivity index (χ0) is 15.1. The fraction of sp³-hybridized carbons (Fsp3) is 0.385. The minimum absolute atomic E-state index is 0.0938. The first-order valence-corrected chi connectivity index (χ1v) is 5.95. The van der Waals surface area contributed by atoms with Crippen LogP contribution in [0.15, 0.2) is 24.4 Å². The maximum Gasteiger partial charge on any atom is 0.286 e. The molecule has 0 aliphatic rings. The summed E-state index contributed by atoms with van der Waals surface area (Å²) in [4.78, 5) is 3.73. The van der Waals surface area contributed by atoms with Crippen molar-refractivity contribution in [2.45, 2.75) is 11.7 Å². The van der Waals surface area contributed by atoms with E-state index in [-0.39, 0.29) is 5.56 Å². The van der Waals surface area contributed by atoms with Crippen molar-refractivity contribution in [2.24, 2.45) is 0 Å². The lowest BCUT2D eigenvalue weighted by molar-refractivity contribution is -0.413. The van der Waals surface area contributed by atoms with E-state index in [2.05, 4.69) is 4.98 Å². The van der Waals surface area contributed by atoms with E-state index >= 15 is 0 Å². The van der Waals surface area contributed by atoms with Gasteiger partial charge in [0.05, 0.1) is 12.5 Å². The van der Waals surface area contributed by atoms with Gasteiger partial charge >= 0.3 is 0 Å². The Morgan fingerprint density at radius 2 is 1.80 bits per heavy atom. The first kappa shape index (κ1) is 14.8. The number of benzene rings is 1. The van der Waals surface area contributed by atoms with E-state index < -0.39 is 11.7 Å². The number of aromatic nitrogens is 1. The fourth-order valence-corrected chi connectivity index (χ4v) is 2.09. The van der Waals surface area contributed by atoms with Crippen molar-refractivity contribution in [1.29, 1.82) is 0 Å². The van der Waals surface area contributed by atoms with Crippen LogP contribution in [0.4, 0.5) is 0 Å². The Kier molecular flexibility index (Phi) is 3.49. The van der Waals surface area contributed by atoms with Crippen LogP contribution in [-0.2, 0) is 5.79 Å². The molecule has 0 saturated heterocycles. The number of hydrogen-bond donors (Lipinski definition) is 5. The van der Waals surface area contributed by atoms with Crippen LogP contribution in [0.5, 0.6) is 5.75 Å². The zero-order valence-electron chi connectivity index (χ0n) is 11.5. The standard InChI is InChI=1S/C13H18N2O5/c1-15(2)13(18,19)12(16,17)8-7-14-9-5-4-6-10(20-3)11(8)9/h4-7,14,16-19H,1-3H3. The van der Waals surface area contributed by atoms with Gasteiger partial charge in [-0.15, -0.1) is 0 Å². The van der Waals surface area contributed by atoms with Crippen LogP contribution in [-0.4, -0.2) is 57.4 Å². The molecule has 0 atom stereocenters. The minimum atomic E-state index is -2.91. The van der Waals surface area contributed by atoms with Crippen molar-refractivity contribution in [3.05, 3.63) is 30.0 Å². The normalized spacial score (nSPS) is 13.2. The number of aliphatic hydroxyl groups is 4. The molecule has 20 heavy (non-hydrogen) atoms. The van der Waals surface area contributed by atoms with E-state index in [1.807, 2.05) is 0 Å². The Bertz CT molecular complexity index is 618. The van der Waals surface area contributed by atoms with Crippen LogP contribution in [0.2, 0.25) is 0 Å². The van der Waals surface area contributed by atoms with Gasteiger partial charge in [-0.05, 0) is 26.2 Å². The van der Waals surface area contributed by atoms with Gasteiger partial charge in [0.15, 0.2) is 0 Å². The van der Waals surface area contributed by atoms with Crippen molar-refractivity contribution >= 4 is 10.9 Å². The van der Waals surface area contributed by atoms with Gasteiger partial charge in [-0.2, -0.15) is 0 Å². The van der Waals surface area contributed by atoms with E-state index in [0.717, 1.165) is 4.90 Å². The molecule has 1 heterocycles. The SMILES string of the molecule is COc1cccc2[nH]cc(C(O)(O)C(O)(O)N(C)C)c12. The first-order chi connectivity index (χ1) is 9.23. The zero-order valence-corrected chi connectivity index (χ0v) is 11.5. The molecule has 0 amide bonds. The van der Waals surface area contributed by atoms with E-state index in [9.17, 15) is 20.4 Å². The number of aromatic amines is 1. The lowest BCUT2D eigenvalue weighted by Crippen LogP contribution is -2.60. The second kappa shape index (κ2) is 4.72. The van der Waals surface area contributed by atoms with Crippen molar-refractivity contribution in [3.8, 4) is 5.75 Å². The number of nitrogens with one attached hydrogen (secondary N) is 1. The molecule has 7 heteroatoms. The summed E-state index contributed by atoms with van der Waals surface area (Å²) in [6.07, 6.45) is 1.30. The predicted molar refractivity (Wildman–Crippen MR) is 71.8 cm³/mol. The van der Waals surface area contributed by atoms with Crippen molar-refractivity contribution in [3.63, 3.8) is 0 Å². The molecular formula is C13H18N2O5. The Morgan fingerprint density at radius 3 is 2.35 bits per heavy atom. The number of fused-ring (bicyclic) bond motifs is 1. The summed E-state index contributed by atoms with van der Waals surface area (Å²) < 4.78 is 5.18. The van der Waals surface area contributed by atoms with Gasteiger partial charge in [0, 0.05) is 17.3 Å². The third kappa shape index (κ3) is 1.96. The molecule has 0 spiro atoms. The molecule has 5 N–H and O–H groups in total. The molecule has 0 radical (unpaired) electrons. The highest BCUT2D eigenvalue weighted by Gasteiger charge is 2.52. The first-order valence-electron chi connectivity index (χ1n) is 5.95. The molecule has 2 rings (SSSR count). The van der Waals surface area contributed by atoms with Crippen LogP contribution in [0.1, 0.15) is 5.56 Å². The molecule has 0 aliphatic carbocycles. The van der Waals surface area contributed by atoms with Gasteiger partial charge in [0.25, 0.3) is 11.7 Å². The molecule has 0 unspecified atom stereocenters. The lowest BCUT2D eigenvalue weighted by Gasteiger charge is -2.38. The molecule has 2 aromatic rings. The molecule has 0 saturated carbocycles. The average Bonchev–Trinajstić information content (AvgIpc) is 2.82. The molecule has 0 aliphatic heterocycles. The monoisotopic (exact) mass is 282 g/mol. The largest absolute Gasteiger partial charge is 0.496 e. The number of rotatable bonds is 4. The third-order valence-corrected chi connectivity index (χ3v) is 3.35. The van der Waals surface area contributed by atoms with Crippen molar-refractivity contribution in [1.82, 2.24) is 9.88 Å². The Morgan fingerprint density at radius 1 is 1.15 bits per heavy atom. The topological polar surface area (TPSA) is 109 Å². The number of ether oxygens (including phenoxy) is 1. The maximum absolute atomic E-state index is 10.2. The average molecular weight is 282 g/mol. The van der Waals surface area contributed by atoms with E-state index in [0.29, 0.717) is 16.7 Å².